The van der Waals surface area contributed by atoms with Crippen LogP contribution in [-0.2, 0) is 6.54 Å². The molecule has 3 nitrogen and oxygen atoms in total. The molecule has 0 N–H and O–H groups in total. The van der Waals surface area contributed by atoms with E-state index in [1.807, 2.05) is 0 Å². The van der Waals surface area contributed by atoms with E-state index in [0.717, 1.165) is 4.57 Å². The molecule has 0 aliphatic carbocycles. The summed E-state index contributed by atoms with van der Waals surface area (Å²) in [7, 11) is 0. The minimum atomic E-state index is -2.66. The lowest BCUT2D eigenvalue weighted by Crippen LogP contribution is -3.00. The number of carbonyl (C=O) groups excluding carboxylic acids is 1. The maximum absolute atomic E-state index is 13.3. The van der Waals surface area contributed by atoms with Crippen molar-refractivity contribution < 1.29 is 35.1 Å². The van der Waals surface area contributed by atoms with Gasteiger partial charge in [0.1, 0.15) is 0 Å². The second-order valence-electron chi connectivity index (χ2n) is 5.20. The molecule has 0 saturated heterocycles. The third kappa shape index (κ3) is 3.35. The summed E-state index contributed by atoms with van der Waals surface area (Å²) in [5.41, 5.74) is 1.51. The van der Waals surface area contributed by atoms with Gasteiger partial charge in [-0.3, -0.25) is 4.79 Å². The first-order chi connectivity index (χ1) is 11.0. The lowest BCUT2D eigenvalue weighted by molar-refractivity contribution is -0.664. The fraction of sp³-hybridized carbons (Fsp3) is 0.176. The van der Waals surface area contributed by atoms with Crippen molar-refractivity contribution >= 4 is 28.4 Å². The molecule has 1 heterocycles. The Bertz CT molecular complexity index is 878. The number of ketones is 1. The number of fused-ring (bicyclic) bond motifs is 1. The van der Waals surface area contributed by atoms with E-state index in [4.69, 9.17) is 11.6 Å². The normalized spacial score (nSPS) is 10.9. The molecule has 0 spiro atoms. The third-order valence-electron chi connectivity index (χ3n) is 3.83. The molecule has 0 saturated carbocycles. The Labute approximate surface area is 153 Å². The van der Waals surface area contributed by atoms with Gasteiger partial charge in [0, 0.05) is 17.5 Å². The zero-order valence-electron chi connectivity index (χ0n) is 12.7. The number of hydrogen-bond acceptors (Lipinski definition) is 1. The monoisotopic (exact) mass is 414 g/mol. The number of nitrogens with zero attached hydrogens (tertiary/aromatic N) is 2. The molecule has 0 atom stereocenters. The number of alkyl halides is 2. The smallest absolute Gasteiger partial charge is 0.387 e. The van der Waals surface area contributed by atoms with Crippen LogP contribution in [0.2, 0.25) is 5.02 Å². The lowest BCUT2D eigenvalue weighted by atomic mass is 10.1. The molecule has 3 rings (SSSR count). The zero-order chi connectivity index (χ0) is 16.6. The second-order valence-corrected chi connectivity index (χ2v) is 5.64. The average molecular weight is 416 g/mol. The molecule has 126 valence electrons. The summed E-state index contributed by atoms with van der Waals surface area (Å²) in [5.74, 6) is 0.176. The van der Waals surface area contributed by atoms with Gasteiger partial charge in [-0.2, -0.15) is 13.3 Å². The van der Waals surface area contributed by atoms with Gasteiger partial charge in [-0.05, 0) is 36.4 Å². The van der Waals surface area contributed by atoms with Crippen LogP contribution in [0.5, 0.6) is 0 Å². The number of hydrogen-bond donors (Lipinski definition) is 0. The third-order valence-corrected chi connectivity index (χ3v) is 4.09. The van der Waals surface area contributed by atoms with Crippen LogP contribution in [0.15, 0.2) is 48.5 Å². The van der Waals surface area contributed by atoms with E-state index >= 15 is 0 Å². The van der Waals surface area contributed by atoms with Gasteiger partial charge in [0.25, 0.3) is 5.82 Å². The van der Waals surface area contributed by atoms with Crippen LogP contribution in [0.4, 0.5) is 8.78 Å². The maximum Gasteiger partial charge on any atom is 0.387 e. The van der Waals surface area contributed by atoms with Crippen molar-refractivity contribution in [3.8, 4) is 0 Å². The Hall–Kier alpha value is -1.79. The Morgan fingerprint density at radius 1 is 1.17 bits per heavy atom. The summed E-state index contributed by atoms with van der Waals surface area (Å²) < 4.78 is 29.2. The summed E-state index contributed by atoms with van der Waals surface area (Å²) >= 11 is 5.81. The predicted octanol–water partition coefficient (Wildman–Crippen LogP) is 1.17. The number of aromatic nitrogens is 2. The SMILES string of the molecule is Cc1n(C(F)F)c2ccccc2[n+]1CC(=O)c1ccc(Cl)cc1.[Br-]. The van der Waals surface area contributed by atoms with Gasteiger partial charge in [-0.15, -0.1) is 0 Å². The Kier molecular flexibility index (Phi) is 5.72. The van der Waals surface area contributed by atoms with Crippen molar-refractivity contribution in [2.75, 3.05) is 0 Å². The first kappa shape index (κ1) is 18.5. The average Bonchev–Trinajstić information content (AvgIpc) is 2.80. The Balaban J connectivity index is 0.00000208. The van der Waals surface area contributed by atoms with Gasteiger partial charge >= 0.3 is 6.55 Å². The highest BCUT2D eigenvalue weighted by Crippen LogP contribution is 2.21. The van der Waals surface area contributed by atoms with E-state index in [-0.39, 0.29) is 29.3 Å². The van der Waals surface area contributed by atoms with Crippen molar-refractivity contribution in [1.82, 2.24) is 4.57 Å². The molecule has 2 aromatic carbocycles. The molecule has 0 unspecified atom stereocenters. The fourth-order valence-corrected chi connectivity index (χ4v) is 2.82. The molecular formula is C17H14BrClF2N2O. The van der Waals surface area contributed by atoms with Crippen LogP contribution in [0.3, 0.4) is 0 Å². The number of halogens is 4. The van der Waals surface area contributed by atoms with Gasteiger partial charge in [0.2, 0.25) is 5.78 Å². The Morgan fingerprint density at radius 2 is 1.79 bits per heavy atom. The van der Waals surface area contributed by atoms with E-state index in [2.05, 4.69) is 0 Å². The van der Waals surface area contributed by atoms with Crippen molar-refractivity contribution in [1.29, 1.82) is 0 Å². The van der Waals surface area contributed by atoms with E-state index in [1.165, 1.54) is 0 Å². The van der Waals surface area contributed by atoms with E-state index in [0.29, 0.717) is 27.4 Å². The summed E-state index contributed by atoms with van der Waals surface area (Å²) in [6, 6.07) is 13.4. The van der Waals surface area contributed by atoms with Crippen molar-refractivity contribution in [3.63, 3.8) is 0 Å². The molecular weight excluding hydrogens is 402 g/mol. The van der Waals surface area contributed by atoms with E-state index in [9.17, 15) is 13.6 Å². The highest BCUT2D eigenvalue weighted by molar-refractivity contribution is 6.30. The summed E-state index contributed by atoms with van der Waals surface area (Å²) in [6.45, 7) is -1.08. The summed E-state index contributed by atoms with van der Waals surface area (Å²) in [6.07, 6.45) is 0. The predicted molar refractivity (Wildman–Crippen MR) is 83.9 cm³/mol. The highest BCUT2D eigenvalue weighted by Gasteiger charge is 2.28. The highest BCUT2D eigenvalue weighted by atomic mass is 79.9. The molecule has 24 heavy (non-hydrogen) atoms. The molecule has 0 radical (unpaired) electrons. The quantitative estimate of drug-likeness (QED) is 0.464. The van der Waals surface area contributed by atoms with E-state index < -0.39 is 6.55 Å². The summed E-state index contributed by atoms with van der Waals surface area (Å²) in [4.78, 5) is 12.4. The number of benzene rings is 2. The number of imidazole rings is 1. The number of Topliss-reactive ketones (excluding diaryl/α,β-unsaturated/α-hetero) is 1. The first-order valence-electron chi connectivity index (χ1n) is 7.05. The number of para-hydroxylation sites is 2. The van der Waals surface area contributed by atoms with Crippen LogP contribution >= 0.6 is 11.6 Å². The minimum Gasteiger partial charge on any atom is -1.00 e. The van der Waals surface area contributed by atoms with Gasteiger partial charge in [-0.25, -0.2) is 4.57 Å². The largest absolute Gasteiger partial charge is 1.00 e. The fourth-order valence-electron chi connectivity index (χ4n) is 2.69. The van der Waals surface area contributed by atoms with Crippen LogP contribution in [-0.4, -0.2) is 10.4 Å². The first-order valence-corrected chi connectivity index (χ1v) is 7.43. The van der Waals surface area contributed by atoms with Gasteiger partial charge < -0.3 is 17.0 Å². The molecule has 0 aliphatic heterocycles. The number of rotatable bonds is 4. The minimum absolute atomic E-state index is 0. The van der Waals surface area contributed by atoms with Gasteiger partial charge in [-0.1, -0.05) is 23.7 Å². The molecule has 3 aromatic rings. The molecule has 0 bridgehead atoms. The summed E-state index contributed by atoms with van der Waals surface area (Å²) in [5, 5.41) is 0.541. The van der Waals surface area contributed by atoms with Crippen LogP contribution < -0.4 is 21.5 Å². The standard InChI is InChI=1S/C17H14ClF2N2O.BrH/c1-11-21(10-16(23)12-6-8-13(18)9-7-12)14-4-2-3-5-15(14)22(11)17(19)20;/h2-9,17H,10H2,1H3;1H/q+1;/p-1. The molecule has 1 aromatic heterocycles. The molecule has 0 aliphatic rings. The van der Waals surface area contributed by atoms with Crippen molar-refractivity contribution in [2.45, 2.75) is 20.0 Å². The van der Waals surface area contributed by atoms with Crippen LogP contribution in [0, 0.1) is 6.92 Å². The van der Waals surface area contributed by atoms with Crippen LogP contribution in [0.25, 0.3) is 11.0 Å². The second kappa shape index (κ2) is 7.40. The van der Waals surface area contributed by atoms with Gasteiger partial charge in [0.05, 0.1) is 0 Å². The van der Waals surface area contributed by atoms with Gasteiger partial charge in [0.15, 0.2) is 17.6 Å². The topological polar surface area (TPSA) is 25.9 Å². The van der Waals surface area contributed by atoms with Crippen molar-refractivity contribution in [3.05, 3.63) is 64.9 Å². The lowest BCUT2D eigenvalue weighted by Gasteiger charge is -2.02. The van der Waals surface area contributed by atoms with Crippen LogP contribution in [0.1, 0.15) is 22.7 Å². The van der Waals surface area contributed by atoms with Crippen molar-refractivity contribution in [2.24, 2.45) is 0 Å². The molecule has 7 heteroatoms. The zero-order valence-corrected chi connectivity index (χ0v) is 15.1. The van der Waals surface area contributed by atoms with E-state index in [1.54, 1.807) is 60.0 Å². The Morgan fingerprint density at radius 3 is 2.42 bits per heavy atom. The molecule has 0 amide bonds. The number of carbonyl (C=O) groups is 1. The maximum atomic E-state index is 13.3. The molecule has 0 fully saturated rings.